The van der Waals surface area contributed by atoms with Crippen molar-refractivity contribution in [1.82, 2.24) is 4.98 Å². The highest BCUT2D eigenvalue weighted by Crippen LogP contribution is 2.33. The van der Waals surface area contributed by atoms with E-state index < -0.39 is 0 Å². The quantitative estimate of drug-likeness (QED) is 0.916. The lowest BCUT2D eigenvalue weighted by atomic mass is 10.1. The van der Waals surface area contributed by atoms with E-state index in [4.69, 9.17) is 15.2 Å². The van der Waals surface area contributed by atoms with E-state index in [1.54, 1.807) is 19.2 Å². The first-order valence-electron chi connectivity index (χ1n) is 6.08. The Morgan fingerprint density at radius 2 is 1.68 bits per heavy atom. The van der Waals surface area contributed by atoms with Crippen LogP contribution in [0.2, 0.25) is 0 Å². The van der Waals surface area contributed by atoms with Gasteiger partial charge < -0.3 is 15.2 Å². The van der Waals surface area contributed by atoms with E-state index in [9.17, 15) is 0 Å². The number of hydrogen-bond donors (Lipinski definition) is 1. The highest BCUT2D eigenvalue weighted by Gasteiger charge is 2.11. The summed E-state index contributed by atoms with van der Waals surface area (Å²) in [7, 11) is 1.56. The number of nitrogens with two attached hydrogens (primary N) is 1. The smallest absolute Gasteiger partial charge is 0.246 e. The number of benzene rings is 1. The number of rotatable bonds is 3. The molecule has 0 saturated heterocycles. The standard InChI is InChI=1S/C15H18N2O2/c1-9-5-6-10(2)14(11(9)3)19-15-12(16)7-8-13(17-15)18-4/h5-8H,16H2,1-4H3. The summed E-state index contributed by atoms with van der Waals surface area (Å²) in [6.45, 7) is 6.07. The van der Waals surface area contributed by atoms with Crippen molar-refractivity contribution < 1.29 is 9.47 Å². The van der Waals surface area contributed by atoms with E-state index in [1.165, 1.54) is 5.56 Å². The molecule has 0 saturated carbocycles. The second-order valence-corrected chi connectivity index (χ2v) is 4.50. The Hall–Kier alpha value is -2.23. The zero-order chi connectivity index (χ0) is 14.0. The van der Waals surface area contributed by atoms with Gasteiger partial charge in [0.25, 0.3) is 0 Å². The van der Waals surface area contributed by atoms with Gasteiger partial charge in [-0.1, -0.05) is 12.1 Å². The normalized spacial score (nSPS) is 10.3. The summed E-state index contributed by atoms with van der Waals surface area (Å²) in [5.74, 6) is 1.65. The van der Waals surface area contributed by atoms with Crippen molar-refractivity contribution >= 4 is 5.69 Å². The largest absolute Gasteiger partial charge is 0.481 e. The molecule has 0 spiro atoms. The Morgan fingerprint density at radius 1 is 1.00 bits per heavy atom. The molecule has 0 unspecified atom stereocenters. The topological polar surface area (TPSA) is 57.4 Å². The molecule has 4 heteroatoms. The molecule has 2 rings (SSSR count). The highest BCUT2D eigenvalue weighted by atomic mass is 16.5. The van der Waals surface area contributed by atoms with Crippen LogP contribution in [0.15, 0.2) is 24.3 Å². The van der Waals surface area contributed by atoms with Gasteiger partial charge in [-0.15, -0.1) is 0 Å². The Balaban J connectivity index is 2.44. The lowest BCUT2D eigenvalue weighted by Gasteiger charge is -2.14. The average molecular weight is 258 g/mol. The fourth-order valence-electron chi connectivity index (χ4n) is 1.81. The molecule has 4 nitrogen and oxygen atoms in total. The Kier molecular flexibility index (Phi) is 3.60. The van der Waals surface area contributed by atoms with Crippen LogP contribution in [0.5, 0.6) is 17.5 Å². The predicted octanol–water partition coefficient (Wildman–Crippen LogP) is 3.39. The SMILES string of the molecule is COc1ccc(N)c(Oc2c(C)ccc(C)c2C)n1. The first kappa shape index (κ1) is 13.2. The average Bonchev–Trinajstić information content (AvgIpc) is 2.41. The van der Waals surface area contributed by atoms with Crippen molar-refractivity contribution in [3.05, 3.63) is 41.0 Å². The van der Waals surface area contributed by atoms with Gasteiger partial charge in [0.05, 0.1) is 12.8 Å². The molecule has 0 fully saturated rings. The van der Waals surface area contributed by atoms with Crippen molar-refractivity contribution in [2.24, 2.45) is 0 Å². The highest BCUT2D eigenvalue weighted by molar-refractivity contribution is 5.53. The molecular weight excluding hydrogens is 240 g/mol. The maximum atomic E-state index is 5.89. The fraction of sp³-hybridized carbons (Fsp3) is 0.267. The van der Waals surface area contributed by atoms with Crippen LogP contribution in [0.3, 0.4) is 0 Å². The van der Waals surface area contributed by atoms with Gasteiger partial charge in [-0.2, -0.15) is 4.98 Å². The zero-order valence-corrected chi connectivity index (χ0v) is 11.7. The molecule has 0 amide bonds. The summed E-state index contributed by atoms with van der Waals surface area (Å²) >= 11 is 0. The van der Waals surface area contributed by atoms with E-state index in [1.807, 2.05) is 26.8 Å². The summed E-state index contributed by atoms with van der Waals surface area (Å²) < 4.78 is 11.0. The number of anilines is 1. The number of pyridine rings is 1. The van der Waals surface area contributed by atoms with Gasteiger partial charge in [-0.05, 0) is 43.5 Å². The molecule has 0 aliphatic carbocycles. The molecule has 0 atom stereocenters. The van der Waals surface area contributed by atoms with Gasteiger partial charge in [-0.3, -0.25) is 0 Å². The van der Waals surface area contributed by atoms with Crippen LogP contribution in [0.1, 0.15) is 16.7 Å². The minimum absolute atomic E-state index is 0.371. The summed E-state index contributed by atoms with van der Waals surface area (Å²) in [6, 6.07) is 7.52. The van der Waals surface area contributed by atoms with Crippen LogP contribution >= 0.6 is 0 Å². The van der Waals surface area contributed by atoms with Crippen molar-refractivity contribution in [3.63, 3.8) is 0 Å². The third-order valence-electron chi connectivity index (χ3n) is 3.15. The van der Waals surface area contributed by atoms with E-state index in [2.05, 4.69) is 11.1 Å². The number of aryl methyl sites for hydroxylation is 2. The molecule has 1 aromatic carbocycles. The van der Waals surface area contributed by atoms with Crippen LogP contribution in [-0.2, 0) is 0 Å². The minimum atomic E-state index is 0.371. The lowest BCUT2D eigenvalue weighted by molar-refractivity contribution is 0.383. The lowest BCUT2D eigenvalue weighted by Crippen LogP contribution is -2.00. The van der Waals surface area contributed by atoms with Crippen LogP contribution in [-0.4, -0.2) is 12.1 Å². The van der Waals surface area contributed by atoms with Crippen molar-refractivity contribution in [2.45, 2.75) is 20.8 Å². The molecule has 0 radical (unpaired) electrons. The van der Waals surface area contributed by atoms with Gasteiger partial charge >= 0.3 is 0 Å². The number of ether oxygens (including phenoxy) is 2. The molecule has 2 N–H and O–H groups in total. The minimum Gasteiger partial charge on any atom is -0.481 e. The van der Waals surface area contributed by atoms with Gasteiger partial charge in [0.15, 0.2) is 0 Å². The van der Waals surface area contributed by atoms with Gasteiger partial charge in [0.2, 0.25) is 11.8 Å². The molecule has 100 valence electrons. The molecular formula is C15H18N2O2. The third-order valence-corrected chi connectivity index (χ3v) is 3.15. The van der Waals surface area contributed by atoms with E-state index in [0.29, 0.717) is 17.4 Å². The van der Waals surface area contributed by atoms with Crippen LogP contribution in [0.4, 0.5) is 5.69 Å². The number of nitrogen functional groups attached to an aromatic ring is 1. The maximum Gasteiger partial charge on any atom is 0.246 e. The van der Waals surface area contributed by atoms with Crippen LogP contribution < -0.4 is 15.2 Å². The van der Waals surface area contributed by atoms with E-state index in [0.717, 1.165) is 16.9 Å². The Morgan fingerprint density at radius 3 is 2.37 bits per heavy atom. The number of methoxy groups -OCH3 is 1. The Bertz CT molecular complexity index is 609. The first-order valence-corrected chi connectivity index (χ1v) is 6.08. The fourth-order valence-corrected chi connectivity index (χ4v) is 1.81. The number of aromatic nitrogens is 1. The zero-order valence-electron chi connectivity index (χ0n) is 11.7. The third kappa shape index (κ3) is 2.62. The molecule has 0 bridgehead atoms. The predicted molar refractivity (Wildman–Crippen MR) is 75.9 cm³/mol. The number of hydrogen-bond acceptors (Lipinski definition) is 4. The van der Waals surface area contributed by atoms with E-state index >= 15 is 0 Å². The molecule has 19 heavy (non-hydrogen) atoms. The van der Waals surface area contributed by atoms with Gasteiger partial charge in [0.1, 0.15) is 5.75 Å². The summed E-state index contributed by atoms with van der Waals surface area (Å²) in [4.78, 5) is 4.23. The summed E-state index contributed by atoms with van der Waals surface area (Å²) in [5.41, 5.74) is 9.68. The van der Waals surface area contributed by atoms with Gasteiger partial charge in [-0.25, -0.2) is 0 Å². The van der Waals surface area contributed by atoms with Crippen molar-refractivity contribution in [1.29, 1.82) is 0 Å². The van der Waals surface area contributed by atoms with E-state index in [-0.39, 0.29) is 0 Å². The maximum absolute atomic E-state index is 5.89. The van der Waals surface area contributed by atoms with Crippen LogP contribution in [0, 0.1) is 20.8 Å². The second-order valence-electron chi connectivity index (χ2n) is 4.50. The molecule has 1 heterocycles. The van der Waals surface area contributed by atoms with Gasteiger partial charge in [0, 0.05) is 6.07 Å². The Labute approximate surface area is 113 Å². The molecule has 0 aliphatic heterocycles. The first-order chi connectivity index (χ1) is 9.02. The summed E-state index contributed by atoms with van der Waals surface area (Å²) in [5, 5.41) is 0. The second kappa shape index (κ2) is 5.18. The molecule has 1 aromatic heterocycles. The summed E-state index contributed by atoms with van der Waals surface area (Å²) in [6.07, 6.45) is 0. The number of nitrogens with zero attached hydrogens (tertiary/aromatic N) is 1. The molecule has 2 aromatic rings. The van der Waals surface area contributed by atoms with Crippen molar-refractivity contribution in [2.75, 3.05) is 12.8 Å². The monoisotopic (exact) mass is 258 g/mol. The van der Waals surface area contributed by atoms with Crippen molar-refractivity contribution in [3.8, 4) is 17.5 Å². The van der Waals surface area contributed by atoms with Crippen LogP contribution in [0.25, 0.3) is 0 Å². The molecule has 0 aliphatic rings.